The van der Waals surface area contributed by atoms with Crippen molar-refractivity contribution in [3.8, 4) is 34.1 Å². The summed E-state index contributed by atoms with van der Waals surface area (Å²) in [5.41, 5.74) is 2.77. The lowest BCUT2D eigenvalue weighted by Gasteiger charge is -2.15. The number of allylic oxidation sites excluding steroid dienone is 2. The molecule has 216 valence electrons. The van der Waals surface area contributed by atoms with E-state index in [1.807, 2.05) is 57.2 Å². The first-order valence-corrected chi connectivity index (χ1v) is 13.5. The average molecular weight is 539 g/mol. The quantitative estimate of drug-likeness (QED) is 0.211. The van der Waals surface area contributed by atoms with Gasteiger partial charge in [-0.05, 0) is 67.2 Å². The molecular weight excluding hydrogens is 488 g/mol. The third-order valence-electron chi connectivity index (χ3n) is 4.31. The zero-order chi connectivity index (χ0) is 30.1. The van der Waals surface area contributed by atoms with Crippen LogP contribution in [0.3, 0.4) is 0 Å². The Morgan fingerprint density at radius 1 is 0.821 bits per heavy atom. The van der Waals surface area contributed by atoms with Crippen molar-refractivity contribution < 1.29 is 18.9 Å². The molecule has 6 heteroatoms. The summed E-state index contributed by atoms with van der Waals surface area (Å²) in [6.45, 7) is 21.7. The van der Waals surface area contributed by atoms with E-state index in [1.165, 1.54) is 12.8 Å². The molecule has 3 aromatic rings. The molecular formula is C33H50N2O4. The first-order valence-electron chi connectivity index (χ1n) is 13.5. The van der Waals surface area contributed by atoms with Crippen LogP contribution in [0.4, 0.5) is 0 Å². The van der Waals surface area contributed by atoms with E-state index in [4.69, 9.17) is 18.9 Å². The van der Waals surface area contributed by atoms with E-state index in [0.29, 0.717) is 23.9 Å². The van der Waals surface area contributed by atoms with Crippen molar-refractivity contribution in [3.63, 3.8) is 0 Å². The highest BCUT2D eigenvalue weighted by Gasteiger charge is 2.15. The Kier molecular flexibility index (Phi) is 23.5. The van der Waals surface area contributed by atoms with Crippen LogP contribution in [0.25, 0.3) is 22.0 Å². The fourth-order valence-electron chi connectivity index (χ4n) is 2.96. The number of benzene rings is 2. The Morgan fingerprint density at radius 2 is 1.33 bits per heavy atom. The normalized spacial score (nSPS) is 9.18. The van der Waals surface area contributed by atoms with E-state index in [0.717, 1.165) is 27.8 Å². The lowest BCUT2D eigenvalue weighted by atomic mass is 10.0. The SMILES string of the molecule is C=C/C=C\N=C.CC.CCC.CCC.CCOc1cc(-c2cc(OC)c(OC)c(OC)c2)cc2ncccc12. The minimum atomic E-state index is 0.567. The zero-order valence-corrected chi connectivity index (χ0v) is 25.8. The largest absolute Gasteiger partial charge is 0.493 e. The number of pyridine rings is 1. The van der Waals surface area contributed by atoms with Gasteiger partial charge in [0, 0.05) is 17.8 Å². The summed E-state index contributed by atoms with van der Waals surface area (Å²) in [7, 11) is 4.80. The Bertz CT molecular complexity index is 1060. The van der Waals surface area contributed by atoms with Gasteiger partial charge in [-0.1, -0.05) is 67.0 Å². The van der Waals surface area contributed by atoms with Crippen LogP contribution in [0, 0.1) is 0 Å². The molecule has 3 rings (SSSR count). The summed E-state index contributed by atoms with van der Waals surface area (Å²) in [5.74, 6) is 2.58. The second kappa shape index (κ2) is 24.5. The average Bonchev–Trinajstić information content (AvgIpc) is 2.97. The van der Waals surface area contributed by atoms with Gasteiger partial charge in [0.25, 0.3) is 0 Å². The fraction of sp³-hybridized carbons (Fsp3) is 0.394. The molecule has 39 heavy (non-hydrogen) atoms. The molecule has 2 aromatic carbocycles. The summed E-state index contributed by atoms with van der Waals surface area (Å²) in [5, 5.41) is 0.987. The molecule has 0 bridgehead atoms. The second-order valence-electron chi connectivity index (χ2n) is 7.57. The molecule has 1 heterocycles. The molecule has 0 aliphatic carbocycles. The number of fused-ring (bicyclic) bond motifs is 1. The summed E-state index contributed by atoms with van der Waals surface area (Å²) in [6, 6.07) is 11.8. The van der Waals surface area contributed by atoms with Crippen LogP contribution in [0.5, 0.6) is 23.0 Å². The Morgan fingerprint density at radius 3 is 1.74 bits per heavy atom. The van der Waals surface area contributed by atoms with E-state index in [-0.39, 0.29) is 0 Å². The second-order valence-corrected chi connectivity index (χ2v) is 7.57. The number of aromatic nitrogens is 1. The predicted molar refractivity (Wildman–Crippen MR) is 170 cm³/mol. The number of hydrogen-bond donors (Lipinski definition) is 0. The summed E-state index contributed by atoms with van der Waals surface area (Å²) in [4.78, 5) is 7.89. The number of ether oxygens (including phenoxy) is 4. The molecule has 6 nitrogen and oxygen atoms in total. The zero-order valence-electron chi connectivity index (χ0n) is 25.8. The van der Waals surface area contributed by atoms with Crippen molar-refractivity contribution in [2.24, 2.45) is 4.99 Å². The minimum absolute atomic E-state index is 0.567. The van der Waals surface area contributed by atoms with Gasteiger partial charge in [0.2, 0.25) is 5.75 Å². The van der Waals surface area contributed by atoms with Crippen LogP contribution in [0.1, 0.15) is 61.3 Å². The lowest BCUT2D eigenvalue weighted by molar-refractivity contribution is 0.324. The monoisotopic (exact) mass is 538 g/mol. The smallest absolute Gasteiger partial charge is 0.203 e. The highest BCUT2D eigenvalue weighted by atomic mass is 16.5. The maximum absolute atomic E-state index is 5.81. The highest BCUT2D eigenvalue weighted by molar-refractivity contribution is 5.90. The van der Waals surface area contributed by atoms with Crippen LogP contribution >= 0.6 is 0 Å². The van der Waals surface area contributed by atoms with Crippen molar-refractivity contribution in [2.75, 3.05) is 27.9 Å². The van der Waals surface area contributed by atoms with Crippen molar-refractivity contribution in [1.82, 2.24) is 4.98 Å². The molecule has 0 aliphatic rings. The number of rotatable bonds is 8. The van der Waals surface area contributed by atoms with Crippen molar-refractivity contribution in [1.29, 1.82) is 0 Å². The lowest BCUT2D eigenvalue weighted by Crippen LogP contribution is -1.97. The molecule has 0 saturated heterocycles. The first kappa shape index (κ1) is 37.4. The van der Waals surface area contributed by atoms with Crippen molar-refractivity contribution in [2.45, 2.75) is 61.3 Å². The number of hydrogen-bond acceptors (Lipinski definition) is 6. The van der Waals surface area contributed by atoms with Crippen LogP contribution in [-0.4, -0.2) is 39.6 Å². The molecule has 0 unspecified atom stereocenters. The summed E-state index contributed by atoms with van der Waals surface area (Å²) in [6.07, 6.45) is 9.21. The van der Waals surface area contributed by atoms with Crippen molar-refractivity contribution in [3.05, 3.63) is 67.5 Å². The van der Waals surface area contributed by atoms with E-state index < -0.39 is 0 Å². The number of aliphatic imine (C=N–C) groups is 1. The van der Waals surface area contributed by atoms with Crippen molar-refractivity contribution >= 4 is 17.6 Å². The van der Waals surface area contributed by atoms with E-state index in [1.54, 1.807) is 45.9 Å². The Balaban J connectivity index is 0. The van der Waals surface area contributed by atoms with Crippen LogP contribution in [0.2, 0.25) is 0 Å². The van der Waals surface area contributed by atoms with Gasteiger partial charge >= 0.3 is 0 Å². The predicted octanol–water partition coefficient (Wildman–Crippen LogP) is 9.57. The van der Waals surface area contributed by atoms with Crippen LogP contribution < -0.4 is 18.9 Å². The van der Waals surface area contributed by atoms with Gasteiger partial charge in [0.1, 0.15) is 5.75 Å². The maximum atomic E-state index is 5.81. The molecule has 0 fully saturated rings. The van der Waals surface area contributed by atoms with Gasteiger partial charge < -0.3 is 18.9 Å². The van der Waals surface area contributed by atoms with E-state index in [2.05, 4.69) is 51.0 Å². The third-order valence-corrected chi connectivity index (χ3v) is 4.31. The molecule has 0 atom stereocenters. The molecule has 0 amide bonds. The summed E-state index contributed by atoms with van der Waals surface area (Å²) >= 11 is 0. The van der Waals surface area contributed by atoms with E-state index >= 15 is 0 Å². The van der Waals surface area contributed by atoms with E-state index in [9.17, 15) is 0 Å². The molecule has 0 saturated carbocycles. The standard InChI is InChI=1S/C20H21NO4.C5H7N.2C3H8.C2H6/c1-5-25-17-10-13(9-16-15(17)7-6-8-21-16)14-11-18(22-2)20(24-4)19(12-14)23-3;1-3-4-5-6-2;2*1-3-2;1-2/h6-12H,5H2,1-4H3;3-5H,1-2H2;2*3H2,1-2H3;1-2H3/b;5-4-;;;. The molecule has 0 aliphatic heterocycles. The fourth-order valence-corrected chi connectivity index (χ4v) is 2.96. The first-order chi connectivity index (χ1) is 19.0. The van der Waals surface area contributed by atoms with Gasteiger partial charge in [-0.15, -0.1) is 0 Å². The number of nitrogens with zero attached hydrogens (tertiary/aromatic N) is 2. The van der Waals surface area contributed by atoms with Gasteiger partial charge in [-0.3, -0.25) is 9.98 Å². The summed E-state index contributed by atoms with van der Waals surface area (Å²) < 4.78 is 22.1. The highest BCUT2D eigenvalue weighted by Crippen LogP contribution is 2.42. The molecule has 0 spiro atoms. The van der Waals surface area contributed by atoms with Crippen LogP contribution in [-0.2, 0) is 0 Å². The topological polar surface area (TPSA) is 62.2 Å². The van der Waals surface area contributed by atoms with Gasteiger partial charge in [-0.2, -0.15) is 0 Å². The third kappa shape index (κ3) is 13.5. The minimum Gasteiger partial charge on any atom is -0.493 e. The van der Waals surface area contributed by atoms with Gasteiger partial charge in [0.05, 0.1) is 33.5 Å². The Hall–Kier alpha value is -3.80. The van der Waals surface area contributed by atoms with Crippen LogP contribution in [0.15, 0.2) is 72.5 Å². The van der Waals surface area contributed by atoms with Gasteiger partial charge in [-0.25, -0.2) is 0 Å². The Labute approximate surface area is 237 Å². The molecule has 0 N–H and O–H groups in total. The maximum Gasteiger partial charge on any atom is 0.203 e. The number of methoxy groups -OCH3 is 3. The molecule has 1 aromatic heterocycles. The molecule has 0 radical (unpaired) electrons. The van der Waals surface area contributed by atoms with Gasteiger partial charge in [0.15, 0.2) is 11.5 Å².